The van der Waals surface area contributed by atoms with Gasteiger partial charge in [0.25, 0.3) is 0 Å². The fourth-order valence-electron chi connectivity index (χ4n) is 2.33. The van der Waals surface area contributed by atoms with Crippen molar-refractivity contribution in [2.75, 3.05) is 55.7 Å². The third-order valence-corrected chi connectivity index (χ3v) is 9.69. The minimum Gasteiger partial charge on any atom is -0.377 e. The van der Waals surface area contributed by atoms with E-state index in [4.69, 9.17) is 26.6 Å². The van der Waals surface area contributed by atoms with Crippen LogP contribution >= 0.6 is 0 Å². The quantitative estimate of drug-likeness (QED) is 0.373. The van der Waals surface area contributed by atoms with Gasteiger partial charge in [0.1, 0.15) is 0 Å². The van der Waals surface area contributed by atoms with Crippen molar-refractivity contribution in [2.24, 2.45) is 5.92 Å². The van der Waals surface area contributed by atoms with Crippen LogP contribution in [0.5, 0.6) is 0 Å². The van der Waals surface area contributed by atoms with Crippen molar-refractivity contribution < 1.29 is 26.6 Å². The summed E-state index contributed by atoms with van der Waals surface area (Å²) >= 11 is 0. The van der Waals surface area contributed by atoms with E-state index in [1.165, 1.54) is 0 Å². The summed E-state index contributed by atoms with van der Waals surface area (Å²) in [7, 11) is 4.91. The lowest BCUT2D eigenvalue weighted by Crippen LogP contribution is -2.45. The molecular weight excluding hydrogens is 322 g/mol. The van der Waals surface area contributed by atoms with Crippen LogP contribution in [-0.2, 0) is 26.6 Å². The Bertz CT molecular complexity index is 261. The lowest BCUT2D eigenvalue weighted by Gasteiger charge is -2.27. The van der Waals surface area contributed by atoms with E-state index in [0.717, 1.165) is 31.6 Å². The molecule has 0 aromatic rings. The topological polar surface area (TPSA) is 67.4 Å². The fourth-order valence-corrected chi connectivity index (χ4v) is 6.05. The Balaban J connectivity index is 4.01. The van der Waals surface area contributed by atoms with Crippen molar-refractivity contribution in [1.82, 2.24) is 5.32 Å². The SMILES string of the molecule is CO[Si](CCCNC[C@H](C)C[Si](OC)(OC)OC)(OC)OC. The van der Waals surface area contributed by atoms with Gasteiger partial charge in [-0.2, -0.15) is 0 Å². The van der Waals surface area contributed by atoms with Gasteiger partial charge in [-0.3, -0.25) is 0 Å². The van der Waals surface area contributed by atoms with Gasteiger partial charge in [-0.05, 0) is 25.4 Å². The average molecular weight is 356 g/mol. The highest BCUT2D eigenvalue weighted by molar-refractivity contribution is 6.60. The Hall–Kier alpha value is 0.154. The molecule has 134 valence electrons. The van der Waals surface area contributed by atoms with Crippen molar-refractivity contribution in [3.63, 3.8) is 0 Å². The normalized spacial score (nSPS) is 14.3. The smallest absolute Gasteiger partial charge is 0.377 e. The molecule has 0 bridgehead atoms. The van der Waals surface area contributed by atoms with Crippen molar-refractivity contribution in [1.29, 1.82) is 0 Å². The maximum absolute atomic E-state index is 5.45. The summed E-state index contributed by atoms with van der Waals surface area (Å²) in [5, 5.41) is 3.44. The molecule has 0 saturated heterocycles. The Morgan fingerprint density at radius 2 is 1.23 bits per heavy atom. The second-order valence-electron chi connectivity index (χ2n) is 5.21. The van der Waals surface area contributed by atoms with Crippen LogP contribution < -0.4 is 5.32 Å². The second kappa shape index (κ2) is 11.7. The highest BCUT2D eigenvalue weighted by Crippen LogP contribution is 2.19. The first-order chi connectivity index (χ1) is 10.5. The van der Waals surface area contributed by atoms with E-state index in [0.29, 0.717) is 5.92 Å². The minimum absolute atomic E-state index is 0.404. The monoisotopic (exact) mass is 355 g/mol. The highest BCUT2D eigenvalue weighted by atomic mass is 28.4. The van der Waals surface area contributed by atoms with Gasteiger partial charge in [0.15, 0.2) is 0 Å². The van der Waals surface area contributed by atoms with Crippen LogP contribution in [0.1, 0.15) is 13.3 Å². The Kier molecular flexibility index (Phi) is 11.7. The molecule has 0 spiro atoms. The largest absolute Gasteiger partial charge is 0.500 e. The molecule has 22 heavy (non-hydrogen) atoms. The van der Waals surface area contributed by atoms with Crippen LogP contribution in [0.15, 0.2) is 0 Å². The summed E-state index contributed by atoms with van der Waals surface area (Å²) < 4.78 is 32.5. The highest BCUT2D eigenvalue weighted by Gasteiger charge is 2.39. The maximum atomic E-state index is 5.45. The maximum Gasteiger partial charge on any atom is 0.500 e. The standard InChI is InChI=1S/C13H33NO6Si2/c1-13(12-22(18-5,19-6)20-7)11-14-9-8-10-21(15-2,16-3)17-4/h13-14H,8-12H2,1-7H3/t13-/m0/s1. The zero-order chi connectivity index (χ0) is 17.1. The van der Waals surface area contributed by atoms with Gasteiger partial charge < -0.3 is 31.9 Å². The van der Waals surface area contributed by atoms with Crippen LogP contribution in [0.2, 0.25) is 12.1 Å². The van der Waals surface area contributed by atoms with E-state index in [9.17, 15) is 0 Å². The molecule has 0 unspecified atom stereocenters. The molecule has 0 saturated carbocycles. The van der Waals surface area contributed by atoms with Crippen molar-refractivity contribution in [2.45, 2.75) is 25.4 Å². The third-order valence-electron chi connectivity index (χ3n) is 3.79. The molecule has 7 nitrogen and oxygen atoms in total. The Labute approximate surface area is 137 Å². The van der Waals surface area contributed by atoms with Crippen LogP contribution in [0.4, 0.5) is 0 Å². The predicted molar refractivity (Wildman–Crippen MR) is 89.8 cm³/mol. The third kappa shape index (κ3) is 7.15. The Morgan fingerprint density at radius 3 is 1.64 bits per heavy atom. The predicted octanol–water partition coefficient (Wildman–Crippen LogP) is 1.36. The summed E-state index contributed by atoms with van der Waals surface area (Å²) in [6.07, 6.45) is 0.940. The molecule has 0 heterocycles. The molecule has 0 aromatic heterocycles. The number of nitrogens with one attached hydrogen (secondary N) is 1. The summed E-state index contributed by atoms with van der Waals surface area (Å²) in [6, 6.07) is 1.58. The molecule has 0 aliphatic carbocycles. The van der Waals surface area contributed by atoms with Gasteiger partial charge in [0.2, 0.25) is 0 Å². The molecule has 0 amide bonds. The zero-order valence-electron chi connectivity index (χ0n) is 15.1. The molecule has 0 aliphatic heterocycles. The van der Waals surface area contributed by atoms with Crippen LogP contribution in [0, 0.1) is 5.92 Å². The van der Waals surface area contributed by atoms with Gasteiger partial charge in [0.05, 0.1) is 0 Å². The van der Waals surface area contributed by atoms with Crippen LogP contribution in [0.25, 0.3) is 0 Å². The van der Waals surface area contributed by atoms with E-state index in [1.54, 1.807) is 42.7 Å². The van der Waals surface area contributed by atoms with Gasteiger partial charge in [-0.25, -0.2) is 0 Å². The molecular formula is C13H33NO6Si2. The summed E-state index contributed by atoms with van der Waals surface area (Å²) in [5.41, 5.74) is 0. The zero-order valence-corrected chi connectivity index (χ0v) is 17.1. The summed E-state index contributed by atoms with van der Waals surface area (Å²) in [6.45, 7) is 3.92. The second-order valence-corrected chi connectivity index (χ2v) is 11.3. The molecule has 9 heteroatoms. The molecule has 0 aliphatic rings. The lowest BCUT2D eigenvalue weighted by molar-refractivity contribution is 0.118. The van der Waals surface area contributed by atoms with Crippen molar-refractivity contribution in [3.05, 3.63) is 0 Å². The van der Waals surface area contributed by atoms with Crippen LogP contribution in [0.3, 0.4) is 0 Å². The van der Waals surface area contributed by atoms with Gasteiger partial charge in [0, 0.05) is 54.7 Å². The van der Waals surface area contributed by atoms with E-state index < -0.39 is 17.6 Å². The van der Waals surface area contributed by atoms with Gasteiger partial charge >= 0.3 is 17.6 Å². The van der Waals surface area contributed by atoms with Crippen molar-refractivity contribution >= 4 is 17.6 Å². The first-order valence-corrected chi connectivity index (χ1v) is 11.3. The van der Waals surface area contributed by atoms with Crippen LogP contribution in [-0.4, -0.2) is 73.4 Å². The number of hydrogen-bond donors (Lipinski definition) is 1. The molecule has 1 N–H and O–H groups in total. The molecule has 0 rings (SSSR count). The number of rotatable bonds is 14. The van der Waals surface area contributed by atoms with Crippen molar-refractivity contribution in [3.8, 4) is 0 Å². The first kappa shape index (κ1) is 22.2. The van der Waals surface area contributed by atoms with Gasteiger partial charge in [-0.15, -0.1) is 0 Å². The summed E-state index contributed by atoms with van der Waals surface area (Å²) in [4.78, 5) is 0. The first-order valence-electron chi connectivity index (χ1n) is 7.48. The minimum atomic E-state index is -2.49. The summed E-state index contributed by atoms with van der Waals surface area (Å²) in [5.74, 6) is 0.404. The molecule has 0 aromatic carbocycles. The molecule has 0 fully saturated rings. The van der Waals surface area contributed by atoms with E-state index in [1.807, 2.05) is 0 Å². The number of hydrogen-bond acceptors (Lipinski definition) is 7. The molecule has 0 radical (unpaired) electrons. The van der Waals surface area contributed by atoms with E-state index in [2.05, 4.69) is 12.2 Å². The van der Waals surface area contributed by atoms with E-state index >= 15 is 0 Å². The Morgan fingerprint density at radius 1 is 0.773 bits per heavy atom. The fraction of sp³-hybridized carbons (Fsp3) is 1.00. The molecule has 1 atom stereocenters. The average Bonchev–Trinajstić information content (AvgIpc) is 2.56. The van der Waals surface area contributed by atoms with Gasteiger partial charge in [-0.1, -0.05) is 6.92 Å². The van der Waals surface area contributed by atoms with E-state index in [-0.39, 0.29) is 0 Å². The lowest BCUT2D eigenvalue weighted by atomic mass is 10.2.